The van der Waals surface area contributed by atoms with Crippen LogP contribution >= 0.6 is 0 Å². The number of rotatable bonds is 6. The average Bonchev–Trinajstić information content (AvgIpc) is 2.56. The SMILES string of the molecule is COC(=O)c1cccc(CN[C@H](CO)c2ccccc2)c1. The van der Waals surface area contributed by atoms with Crippen molar-refractivity contribution in [1.29, 1.82) is 0 Å². The summed E-state index contributed by atoms with van der Waals surface area (Å²) < 4.78 is 4.71. The fourth-order valence-corrected chi connectivity index (χ4v) is 2.14. The van der Waals surface area contributed by atoms with E-state index < -0.39 is 0 Å². The summed E-state index contributed by atoms with van der Waals surface area (Å²) in [6, 6.07) is 16.9. The van der Waals surface area contributed by atoms with Crippen LogP contribution in [0.15, 0.2) is 54.6 Å². The summed E-state index contributed by atoms with van der Waals surface area (Å²) in [5.74, 6) is -0.349. The minimum absolute atomic E-state index is 0.0146. The highest BCUT2D eigenvalue weighted by molar-refractivity contribution is 5.89. The maximum atomic E-state index is 11.5. The first-order chi connectivity index (χ1) is 10.2. The van der Waals surface area contributed by atoms with Crippen LogP contribution in [0.5, 0.6) is 0 Å². The van der Waals surface area contributed by atoms with E-state index in [9.17, 15) is 9.90 Å². The normalized spacial score (nSPS) is 11.9. The van der Waals surface area contributed by atoms with E-state index in [-0.39, 0.29) is 18.6 Å². The molecule has 2 N–H and O–H groups in total. The fraction of sp³-hybridized carbons (Fsp3) is 0.235. The van der Waals surface area contributed by atoms with Crippen LogP contribution in [0.4, 0.5) is 0 Å². The molecular weight excluding hydrogens is 266 g/mol. The van der Waals surface area contributed by atoms with Gasteiger partial charge < -0.3 is 15.2 Å². The first kappa shape index (κ1) is 15.2. The van der Waals surface area contributed by atoms with Crippen molar-refractivity contribution in [2.45, 2.75) is 12.6 Å². The molecule has 0 aromatic heterocycles. The highest BCUT2D eigenvalue weighted by Crippen LogP contribution is 2.13. The van der Waals surface area contributed by atoms with Gasteiger partial charge in [-0.05, 0) is 23.3 Å². The van der Waals surface area contributed by atoms with Gasteiger partial charge in [-0.2, -0.15) is 0 Å². The summed E-state index contributed by atoms with van der Waals surface area (Å²) in [6.45, 7) is 0.575. The van der Waals surface area contributed by atoms with Gasteiger partial charge in [-0.15, -0.1) is 0 Å². The third kappa shape index (κ3) is 4.15. The molecule has 4 nitrogen and oxygen atoms in total. The highest BCUT2D eigenvalue weighted by atomic mass is 16.5. The zero-order chi connectivity index (χ0) is 15.1. The number of ether oxygens (including phenoxy) is 1. The lowest BCUT2D eigenvalue weighted by atomic mass is 10.1. The van der Waals surface area contributed by atoms with Gasteiger partial charge in [-0.25, -0.2) is 4.79 Å². The minimum atomic E-state index is -0.349. The number of carbonyl (C=O) groups is 1. The molecule has 2 rings (SSSR count). The maximum absolute atomic E-state index is 11.5. The van der Waals surface area contributed by atoms with Gasteiger partial charge in [-0.1, -0.05) is 42.5 Å². The Kier molecular flexibility index (Phi) is 5.49. The van der Waals surface area contributed by atoms with Gasteiger partial charge in [0.2, 0.25) is 0 Å². The molecule has 0 aliphatic heterocycles. The molecule has 2 aromatic carbocycles. The lowest BCUT2D eigenvalue weighted by Crippen LogP contribution is -2.24. The Labute approximate surface area is 124 Å². The van der Waals surface area contributed by atoms with Crippen molar-refractivity contribution in [3.05, 3.63) is 71.3 Å². The molecule has 0 saturated carbocycles. The predicted molar refractivity (Wildman–Crippen MR) is 80.9 cm³/mol. The van der Waals surface area contributed by atoms with Gasteiger partial charge in [-0.3, -0.25) is 0 Å². The number of methoxy groups -OCH3 is 1. The number of esters is 1. The molecule has 110 valence electrons. The molecular formula is C17H19NO3. The van der Waals surface area contributed by atoms with E-state index in [0.717, 1.165) is 11.1 Å². The van der Waals surface area contributed by atoms with Gasteiger partial charge in [0.1, 0.15) is 0 Å². The molecule has 2 aromatic rings. The van der Waals surface area contributed by atoms with Crippen molar-refractivity contribution in [2.24, 2.45) is 0 Å². The third-order valence-corrected chi connectivity index (χ3v) is 3.29. The van der Waals surface area contributed by atoms with Gasteiger partial charge in [0.05, 0.1) is 25.3 Å². The number of aliphatic hydroxyl groups excluding tert-OH is 1. The van der Waals surface area contributed by atoms with Crippen molar-refractivity contribution in [1.82, 2.24) is 5.32 Å². The zero-order valence-corrected chi connectivity index (χ0v) is 12.0. The molecule has 0 aliphatic rings. The van der Waals surface area contributed by atoms with Gasteiger partial charge in [0.25, 0.3) is 0 Å². The van der Waals surface area contributed by atoms with E-state index in [2.05, 4.69) is 5.32 Å². The van der Waals surface area contributed by atoms with Crippen LogP contribution in [0, 0.1) is 0 Å². The highest BCUT2D eigenvalue weighted by Gasteiger charge is 2.10. The Morgan fingerprint density at radius 2 is 1.95 bits per heavy atom. The maximum Gasteiger partial charge on any atom is 0.337 e. The van der Waals surface area contributed by atoms with Crippen LogP contribution in [0.2, 0.25) is 0 Å². The zero-order valence-electron chi connectivity index (χ0n) is 12.0. The summed E-state index contributed by atoms with van der Waals surface area (Å²) in [5, 5.41) is 12.8. The van der Waals surface area contributed by atoms with E-state index in [0.29, 0.717) is 12.1 Å². The van der Waals surface area contributed by atoms with Gasteiger partial charge in [0.15, 0.2) is 0 Å². The van der Waals surface area contributed by atoms with E-state index in [1.807, 2.05) is 42.5 Å². The first-order valence-electron chi connectivity index (χ1n) is 6.81. The van der Waals surface area contributed by atoms with Crippen LogP contribution < -0.4 is 5.32 Å². The largest absolute Gasteiger partial charge is 0.465 e. The van der Waals surface area contributed by atoms with E-state index in [1.165, 1.54) is 7.11 Å². The Morgan fingerprint density at radius 1 is 1.19 bits per heavy atom. The lowest BCUT2D eigenvalue weighted by Gasteiger charge is -2.17. The number of hydrogen-bond acceptors (Lipinski definition) is 4. The number of aliphatic hydroxyl groups is 1. The van der Waals surface area contributed by atoms with E-state index in [1.54, 1.807) is 12.1 Å². The van der Waals surface area contributed by atoms with Crippen molar-refractivity contribution in [3.8, 4) is 0 Å². The molecule has 0 amide bonds. The van der Waals surface area contributed by atoms with Crippen molar-refractivity contribution < 1.29 is 14.6 Å². The van der Waals surface area contributed by atoms with Crippen molar-refractivity contribution in [2.75, 3.05) is 13.7 Å². The smallest absolute Gasteiger partial charge is 0.337 e. The lowest BCUT2D eigenvalue weighted by molar-refractivity contribution is 0.0600. The second-order valence-corrected chi connectivity index (χ2v) is 4.72. The molecule has 0 unspecified atom stereocenters. The Morgan fingerprint density at radius 3 is 2.62 bits per heavy atom. The summed E-state index contributed by atoms with van der Waals surface area (Å²) >= 11 is 0. The average molecular weight is 285 g/mol. The number of hydrogen-bond donors (Lipinski definition) is 2. The van der Waals surface area contributed by atoms with E-state index in [4.69, 9.17) is 4.74 Å². The molecule has 0 saturated heterocycles. The van der Waals surface area contributed by atoms with Crippen LogP contribution in [-0.4, -0.2) is 24.8 Å². The summed E-state index contributed by atoms with van der Waals surface area (Å²) in [7, 11) is 1.37. The molecule has 0 heterocycles. The van der Waals surface area contributed by atoms with Crippen LogP contribution in [0.25, 0.3) is 0 Å². The van der Waals surface area contributed by atoms with Crippen LogP contribution in [-0.2, 0) is 11.3 Å². The summed E-state index contributed by atoms with van der Waals surface area (Å²) in [4.78, 5) is 11.5. The number of benzene rings is 2. The van der Waals surface area contributed by atoms with Crippen molar-refractivity contribution >= 4 is 5.97 Å². The van der Waals surface area contributed by atoms with Gasteiger partial charge >= 0.3 is 5.97 Å². The second kappa shape index (κ2) is 7.57. The quantitative estimate of drug-likeness (QED) is 0.800. The summed E-state index contributed by atoms with van der Waals surface area (Å²) in [5.41, 5.74) is 2.52. The second-order valence-electron chi connectivity index (χ2n) is 4.72. The van der Waals surface area contributed by atoms with Gasteiger partial charge in [0, 0.05) is 6.54 Å². The molecule has 0 bridgehead atoms. The Hall–Kier alpha value is -2.17. The monoisotopic (exact) mass is 285 g/mol. The molecule has 0 spiro atoms. The van der Waals surface area contributed by atoms with Crippen molar-refractivity contribution in [3.63, 3.8) is 0 Å². The molecule has 0 fully saturated rings. The number of carbonyl (C=O) groups excluding carboxylic acids is 1. The minimum Gasteiger partial charge on any atom is -0.465 e. The predicted octanol–water partition coefficient (Wildman–Crippen LogP) is 2.30. The first-order valence-corrected chi connectivity index (χ1v) is 6.81. The fourth-order valence-electron chi connectivity index (χ4n) is 2.14. The molecule has 4 heteroatoms. The number of nitrogens with one attached hydrogen (secondary N) is 1. The van der Waals surface area contributed by atoms with E-state index >= 15 is 0 Å². The molecule has 21 heavy (non-hydrogen) atoms. The Balaban J connectivity index is 2.03. The van der Waals surface area contributed by atoms with Crippen LogP contribution in [0.3, 0.4) is 0 Å². The summed E-state index contributed by atoms with van der Waals surface area (Å²) in [6.07, 6.45) is 0. The standard InChI is InChI=1S/C17H19NO3/c1-21-17(20)15-9-5-6-13(10-15)11-18-16(12-19)14-7-3-2-4-8-14/h2-10,16,18-19H,11-12H2,1H3/t16-/m1/s1. The van der Waals surface area contributed by atoms with Crippen LogP contribution in [0.1, 0.15) is 27.5 Å². The third-order valence-electron chi connectivity index (χ3n) is 3.29. The Bertz CT molecular complexity index is 584. The molecule has 1 atom stereocenters. The molecule has 0 aliphatic carbocycles. The molecule has 0 radical (unpaired) electrons. The topological polar surface area (TPSA) is 58.6 Å².